The summed E-state index contributed by atoms with van der Waals surface area (Å²) in [6.45, 7) is 4.83. The van der Waals surface area contributed by atoms with Gasteiger partial charge in [0.25, 0.3) is 11.8 Å². The summed E-state index contributed by atoms with van der Waals surface area (Å²) in [5, 5.41) is 3.40. The van der Waals surface area contributed by atoms with Crippen molar-refractivity contribution in [3.05, 3.63) is 96.4 Å². The molecule has 3 aromatic rings. The van der Waals surface area contributed by atoms with Crippen LogP contribution in [0.3, 0.4) is 0 Å². The topological polar surface area (TPSA) is 77.0 Å². The highest BCUT2D eigenvalue weighted by molar-refractivity contribution is 14.1. The molecule has 1 aliphatic rings. The molecule has 0 saturated carbocycles. The second kappa shape index (κ2) is 11.9. The van der Waals surface area contributed by atoms with Gasteiger partial charge in [0, 0.05) is 10.6 Å². The summed E-state index contributed by atoms with van der Waals surface area (Å²) in [7, 11) is 0. The molecule has 1 saturated heterocycles. The molecule has 3 aromatic carbocycles. The summed E-state index contributed by atoms with van der Waals surface area (Å²) < 4.78 is 12.8. The van der Waals surface area contributed by atoms with Crippen LogP contribution < -0.4 is 14.8 Å². The van der Waals surface area contributed by atoms with E-state index in [1.165, 1.54) is 5.56 Å². The Labute approximate surface area is 232 Å². The van der Waals surface area contributed by atoms with Crippen LogP contribution in [0.2, 0.25) is 5.02 Å². The van der Waals surface area contributed by atoms with E-state index in [1.54, 1.807) is 30.3 Å². The summed E-state index contributed by atoms with van der Waals surface area (Å²) in [5.74, 6) is 0.465. The first-order chi connectivity index (χ1) is 17.3. The van der Waals surface area contributed by atoms with Gasteiger partial charge in [-0.15, -0.1) is 0 Å². The highest BCUT2D eigenvalue weighted by Gasteiger charge is 2.25. The van der Waals surface area contributed by atoms with Crippen LogP contribution in [0.5, 0.6) is 11.5 Å². The predicted octanol–water partition coefficient (Wildman–Crippen LogP) is 6.63. The molecule has 2 amide bonds. The van der Waals surface area contributed by atoms with Crippen molar-refractivity contribution in [1.29, 1.82) is 0 Å². The highest BCUT2D eigenvalue weighted by atomic mass is 127. The number of rotatable bonds is 7. The Hall–Kier alpha value is -2.82. The average Bonchev–Trinajstić information content (AvgIpc) is 3.18. The van der Waals surface area contributed by atoms with Crippen LogP contribution in [-0.4, -0.2) is 23.6 Å². The number of nitrogens with one attached hydrogen (secondary N) is 1. The van der Waals surface area contributed by atoms with Gasteiger partial charge in [-0.3, -0.25) is 9.59 Å². The number of nitrogens with zero attached hydrogens (tertiary/aromatic N) is 1. The molecule has 1 N–H and O–H groups in total. The van der Waals surface area contributed by atoms with Gasteiger partial charge in [0.1, 0.15) is 6.61 Å². The average molecular weight is 633 g/mol. The molecule has 0 bridgehead atoms. The Morgan fingerprint density at radius 1 is 1.11 bits per heavy atom. The van der Waals surface area contributed by atoms with E-state index in [2.05, 4.69) is 32.9 Å². The van der Waals surface area contributed by atoms with E-state index in [0.717, 1.165) is 26.5 Å². The van der Waals surface area contributed by atoms with Crippen molar-refractivity contribution >= 4 is 69.0 Å². The van der Waals surface area contributed by atoms with Crippen LogP contribution in [-0.2, 0) is 11.4 Å². The molecule has 1 heterocycles. The number of amides is 2. The van der Waals surface area contributed by atoms with Crippen LogP contribution in [0.25, 0.3) is 6.08 Å². The quantitative estimate of drug-likeness (QED) is 0.234. The molecule has 4 rings (SSSR count). The summed E-state index contributed by atoms with van der Waals surface area (Å²) in [5.41, 5.74) is 3.41. The van der Waals surface area contributed by atoms with Gasteiger partial charge in [0.05, 0.1) is 15.1 Å². The summed E-state index contributed by atoms with van der Waals surface area (Å²) >= 11 is 9.18. The lowest BCUT2D eigenvalue weighted by Gasteiger charge is -2.15. The molecule has 36 heavy (non-hydrogen) atoms. The molecular weight excluding hydrogens is 611 g/mol. The second-order valence-corrected chi connectivity index (χ2v) is 10.5. The van der Waals surface area contributed by atoms with Crippen molar-refractivity contribution in [2.75, 3.05) is 6.61 Å². The molecule has 1 fully saturated rings. The van der Waals surface area contributed by atoms with Gasteiger partial charge < -0.3 is 14.8 Å². The number of carbonyl (C=O) groups excluding carboxylic acids is 2. The first-order valence-electron chi connectivity index (χ1n) is 11.1. The molecule has 184 valence electrons. The molecule has 0 unspecified atom stereocenters. The molecule has 6 nitrogen and oxygen atoms in total. The van der Waals surface area contributed by atoms with Gasteiger partial charge in [0.2, 0.25) is 0 Å². The van der Waals surface area contributed by atoms with Gasteiger partial charge in [-0.1, -0.05) is 41.4 Å². The maximum atomic E-state index is 12.5. The van der Waals surface area contributed by atoms with Gasteiger partial charge in [-0.2, -0.15) is 4.99 Å². The Bertz CT molecular complexity index is 1360. The summed E-state index contributed by atoms with van der Waals surface area (Å²) in [6, 6.07) is 18.3. The van der Waals surface area contributed by atoms with Gasteiger partial charge in [-0.25, -0.2) is 0 Å². The van der Waals surface area contributed by atoms with E-state index in [0.29, 0.717) is 40.2 Å². The maximum absolute atomic E-state index is 12.5. The van der Waals surface area contributed by atoms with Crippen molar-refractivity contribution in [3.63, 3.8) is 0 Å². The third kappa shape index (κ3) is 6.68. The fraction of sp³-hybridized carbons (Fsp3) is 0.148. The van der Waals surface area contributed by atoms with Crippen LogP contribution in [0.4, 0.5) is 0 Å². The molecule has 1 aliphatic heterocycles. The summed E-state index contributed by atoms with van der Waals surface area (Å²) in [4.78, 5) is 29.4. The Morgan fingerprint density at radius 2 is 1.83 bits per heavy atom. The zero-order valence-corrected chi connectivity index (χ0v) is 23.2. The molecule has 9 heteroatoms. The molecular formula is C27H22ClIN2O4S. The minimum atomic E-state index is -0.459. The van der Waals surface area contributed by atoms with E-state index in [1.807, 2.05) is 50.2 Å². The normalized spacial score (nSPS) is 15.3. The summed E-state index contributed by atoms with van der Waals surface area (Å²) in [6.07, 6.45) is 1.74. The maximum Gasteiger partial charge on any atom is 0.279 e. The van der Waals surface area contributed by atoms with E-state index in [9.17, 15) is 9.59 Å². The minimum absolute atomic E-state index is 0.226. The third-order valence-electron chi connectivity index (χ3n) is 5.08. The monoisotopic (exact) mass is 632 g/mol. The second-order valence-electron chi connectivity index (χ2n) is 7.83. The largest absolute Gasteiger partial charge is 0.490 e. The number of amidine groups is 1. The lowest BCUT2D eigenvalue weighted by molar-refractivity contribution is -0.115. The number of hydrogen-bond acceptors (Lipinski definition) is 5. The van der Waals surface area contributed by atoms with Crippen LogP contribution >= 0.6 is 46.0 Å². The minimum Gasteiger partial charge on any atom is -0.490 e. The van der Waals surface area contributed by atoms with E-state index in [4.69, 9.17) is 21.1 Å². The smallest absolute Gasteiger partial charge is 0.279 e. The number of carbonyl (C=O) groups is 2. The SMILES string of the molecule is CCOc1cc(/C=C2\SC(=NC(=O)c3ccc(Cl)cc3)NC2=O)cc(I)c1OCc1ccc(C)cc1. The lowest BCUT2D eigenvalue weighted by Crippen LogP contribution is -2.20. The van der Waals surface area contributed by atoms with Gasteiger partial charge in [0.15, 0.2) is 16.7 Å². The van der Waals surface area contributed by atoms with Gasteiger partial charge >= 0.3 is 0 Å². The fourth-order valence-corrected chi connectivity index (χ4v) is 5.02. The molecule has 0 aliphatic carbocycles. The highest BCUT2D eigenvalue weighted by Crippen LogP contribution is 2.36. The first kappa shape index (κ1) is 26.2. The van der Waals surface area contributed by atoms with Gasteiger partial charge in [-0.05, 0) is 102 Å². The van der Waals surface area contributed by atoms with Crippen molar-refractivity contribution in [3.8, 4) is 11.5 Å². The number of aryl methyl sites for hydroxylation is 1. The molecule has 0 aromatic heterocycles. The number of benzene rings is 3. The van der Waals surface area contributed by atoms with Crippen molar-refractivity contribution in [1.82, 2.24) is 5.32 Å². The predicted molar refractivity (Wildman–Crippen MR) is 153 cm³/mol. The lowest BCUT2D eigenvalue weighted by atomic mass is 10.1. The zero-order valence-electron chi connectivity index (χ0n) is 19.5. The fourth-order valence-electron chi connectivity index (χ4n) is 3.30. The number of ether oxygens (including phenoxy) is 2. The van der Waals surface area contributed by atoms with Crippen molar-refractivity contribution < 1.29 is 19.1 Å². The molecule has 0 atom stereocenters. The van der Waals surface area contributed by atoms with Crippen molar-refractivity contribution in [2.24, 2.45) is 4.99 Å². The number of hydrogen-bond donors (Lipinski definition) is 1. The van der Waals surface area contributed by atoms with E-state index >= 15 is 0 Å². The molecule has 0 radical (unpaired) electrons. The van der Waals surface area contributed by atoms with Crippen molar-refractivity contribution in [2.45, 2.75) is 20.5 Å². The Kier molecular flexibility index (Phi) is 8.71. The number of halogens is 2. The van der Waals surface area contributed by atoms with E-state index < -0.39 is 5.91 Å². The number of thioether (sulfide) groups is 1. The van der Waals surface area contributed by atoms with Crippen LogP contribution in [0, 0.1) is 10.5 Å². The Balaban J connectivity index is 1.53. The Morgan fingerprint density at radius 3 is 2.53 bits per heavy atom. The molecule has 0 spiro atoms. The van der Waals surface area contributed by atoms with E-state index in [-0.39, 0.29) is 11.1 Å². The number of aliphatic imine (C=N–C) groups is 1. The van der Waals surface area contributed by atoms with Crippen LogP contribution in [0.1, 0.15) is 34.0 Å². The van der Waals surface area contributed by atoms with Crippen LogP contribution in [0.15, 0.2) is 70.6 Å². The zero-order chi connectivity index (χ0) is 25.7. The first-order valence-corrected chi connectivity index (χ1v) is 13.3. The third-order valence-corrected chi connectivity index (χ3v) is 7.04. The standard InChI is InChI=1S/C27H22ClIN2O4S/c1-3-34-22-13-18(12-21(29)24(22)35-15-17-6-4-16(2)5-7-17)14-23-26(33)31-27(36-23)30-25(32)19-8-10-20(28)11-9-19/h4-14H,3,15H2,1-2H3,(H,30,31,32,33)/b23-14-.